The summed E-state index contributed by atoms with van der Waals surface area (Å²) in [7, 11) is 1.40. The maximum absolute atomic E-state index is 12.3. The second-order valence-corrected chi connectivity index (χ2v) is 3.67. The zero-order chi connectivity index (χ0) is 12.4. The van der Waals surface area contributed by atoms with Gasteiger partial charge in [0.05, 0.1) is 12.2 Å². The maximum atomic E-state index is 12.3. The fourth-order valence-electron chi connectivity index (χ4n) is 1.29. The number of ether oxygens (including phenoxy) is 1. The molecule has 0 aliphatic rings. The van der Waals surface area contributed by atoms with E-state index in [9.17, 15) is 13.2 Å². The molecular weight excluding hydrogens is 221 g/mol. The van der Waals surface area contributed by atoms with Crippen molar-refractivity contribution in [2.24, 2.45) is 0 Å². The Morgan fingerprint density at radius 3 is 1.88 bits per heavy atom. The minimum Gasteiger partial charge on any atom is -0.393 e. The van der Waals surface area contributed by atoms with Crippen LogP contribution >= 0.6 is 0 Å². The summed E-state index contributed by atoms with van der Waals surface area (Å²) in [5.41, 5.74) is -1.18. The van der Waals surface area contributed by atoms with Crippen molar-refractivity contribution in [1.29, 1.82) is 0 Å². The molecule has 0 aliphatic carbocycles. The van der Waals surface area contributed by atoms with Crippen molar-refractivity contribution in [3.8, 4) is 0 Å². The first kappa shape index (κ1) is 13.0. The minimum atomic E-state index is -4.35. The highest BCUT2D eigenvalue weighted by Crippen LogP contribution is 2.31. The monoisotopic (exact) mass is 234 g/mol. The summed E-state index contributed by atoms with van der Waals surface area (Å²) in [4.78, 5) is 0. The van der Waals surface area contributed by atoms with Crippen LogP contribution in [0.25, 0.3) is 0 Å². The highest BCUT2D eigenvalue weighted by atomic mass is 19.4. The predicted octanol–water partition coefficient (Wildman–Crippen LogP) is 2.56. The number of hydrogen-bond acceptors (Lipinski definition) is 2. The largest absolute Gasteiger partial charge is 0.416 e. The molecule has 1 aromatic rings. The van der Waals surface area contributed by atoms with Crippen LogP contribution in [0, 0.1) is 0 Å². The summed E-state index contributed by atoms with van der Waals surface area (Å²) >= 11 is 0. The second kappa shape index (κ2) is 4.43. The number of alkyl halides is 3. The molecule has 0 amide bonds. The van der Waals surface area contributed by atoms with Gasteiger partial charge in [0.25, 0.3) is 0 Å². The molecule has 0 spiro atoms. The third-order valence-electron chi connectivity index (χ3n) is 2.58. The van der Waals surface area contributed by atoms with Gasteiger partial charge in [0.2, 0.25) is 0 Å². The van der Waals surface area contributed by atoms with Crippen LogP contribution in [0.3, 0.4) is 0 Å². The SMILES string of the molecule is COC(C)(CO)c1ccc(C(F)(F)F)cc1. The molecule has 16 heavy (non-hydrogen) atoms. The molecule has 1 atom stereocenters. The lowest BCUT2D eigenvalue weighted by molar-refractivity contribution is -0.137. The van der Waals surface area contributed by atoms with Gasteiger partial charge in [0.15, 0.2) is 0 Å². The number of benzene rings is 1. The van der Waals surface area contributed by atoms with E-state index in [0.717, 1.165) is 12.1 Å². The molecule has 0 heterocycles. The molecule has 1 rings (SSSR count). The Kier molecular flexibility index (Phi) is 3.60. The second-order valence-electron chi connectivity index (χ2n) is 3.67. The lowest BCUT2D eigenvalue weighted by atomic mass is 9.95. The molecule has 0 aromatic heterocycles. The van der Waals surface area contributed by atoms with E-state index in [1.807, 2.05) is 0 Å². The summed E-state index contributed by atoms with van der Waals surface area (Å²) in [5, 5.41) is 9.12. The molecule has 1 N–H and O–H groups in total. The third kappa shape index (κ3) is 2.54. The molecule has 0 bridgehead atoms. The van der Waals surface area contributed by atoms with E-state index in [1.54, 1.807) is 6.92 Å². The van der Waals surface area contributed by atoms with Crippen LogP contribution in [0.1, 0.15) is 18.1 Å². The van der Waals surface area contributed by atoms with E-state index in [-0.39, 0.29) is 6.61 Å². The molecule has 0 radical (unpaired) electrons. The zero-order valence-corrected chi connectivity index (χ0v) is 9.01. The van der Waals surface area contributed by atoms with Crippen molar-refractivity contribution in [2.75, 3.05) is 13.7 Å². The van der Waals surface area contributed by atoms with Crippen LogP contribution in [0.15, 0.2) is 24.3 Å². The van der Waals surface area contributed by atoms with Crippen LogP contribution in [0.2, 0.25) is 0 Å². The van der Waals surface area contributed by atoms with Crippen LogP contribution < -0.4 is 0 Å². The minimum absolute atomic E-state index is 0.297. The first-order valence-electron chi connectivity index (χ1n) is 4.67. The molecular formula is C11H13F3O2. The number of halogens is 3. The Hall–Kier alpha value is -1.07. The van der Waals surface area contributed by atoms with E-state index in [1.165, 1.54) is 19.2 Å². The molecule has 2 nitrogen and oxygen atoms in total. The number of aliphatic hydroxyl groups is 1. The highest BCUT2D eigenvalue weighted by molar-refractivity contribution is 5.28. The summed E-state index contributed by atoms with van der Waals surface area (Å²) in [6.07, 6.45) is -4.35. The predicted molar refractivity (Wildman–Crippen MR) is 52.9 cm³/mol. The van der Waals surface area contributed by atoms with Crippen LogP contribution in [0.5, 0.6) is 0 Å². The maximum Gasteiger partial charge on any atom is 0.416 e. The lowest BCUT2D eigenvalue weighted by Gasteiger charge is -2.26. The van der Waals surface area contributed by atoms with Crippen LogP contribution in [-0.2, 0) is 16.5 Å². The van der Waals surface area contributed by atoms with E-state index < -0.39 is 17.3 Å². The van der Waals surface area contributed by atoms with Gasteiger partial charge in [-0.1, -0.05) is 12.1 Å². The van der Waals surface area contributed by atoms with Crippen molar-refractivity contribution >= 4 is 0 Å². The molecule has 5 heteroatoms. The van der Waals surface area contributed by atoms with Gasteiger partial charge in [-0.3, -0.25) is 0 Å². The highest BCUT2D eigenvalue weighted by Gasteiger charge is 2.31. The van der Waals surface area contributed by atoms with Gasteiger partial charge in [-0.15, -0.1) is 0 Å². The smallest absolute Gasteiger partial charge is 0.393 e. The van der Waals surface area contributed by atoms with Gasteiger partial charge in [-0.2, -0.15) is 13.2 Å². The van der Waals surface area contributed by atoms with Crippen molar-refractivity contribution in [1.82, 2.24) is 0 Å². The van der Waals surface area contributed by atoms with Gasteiger partial charge >= 0.3 is 6.18 Å². The fraction of sp³-hybridized carbons (Fsp3) is 0.455. The first-order valence-corrected chi connectivity index (χ1v) is 4.67. The van der Waals surface area contributed by atoms with E-state index in [0.29, 0.717) is 5.56 Å². The Balaban J connectivity index is 3.04. The topological polar surface area (TPSA) is 29.5 Å². The number of hydrogen-bond donors (Lipinski definition) is 1. The van der Waals surface area contributed by atoms with E-state index in [2.05, 4.69) is 0 Å². The van der Waals surface area contributed by atoms with Gasteiger partial charge in [-0.25, -0.2) is 0 Å². The van der Waals surface area contributed by atoms with Crippen LogP contribution in [-0.4, -0.2) is 18.8 Å². The summed E-state index contributed by atoms with van der Waals surface area (Å²) in [6, 6.07) is 4.57. The summed E-state index contributed by atoms with van der Waals surface area (Å²) in [5.74, 6) is 0. The van der Waals surface area contributed by atoms with Gasteiger partial charge in [-0.05, 0) is 24.6 Å². The van der Waals surface area contributed by atoms with Crippen molar-refractivity contribution in [2.45, 2.75) is 18.7 Å². The van der Waals surface area contributed by atoms with Crippen molar-refractivity contribution < 1.29 is 23.0 Å². The Labute approximate surface area is 91.7 Å². The average Bonchev–Trinajstić information content (AvgIpc) is 2.27. The van der Waals surface area contributed by atoms with Crippen molar-refractivity contribution in [3.63, 3.8) is 0 Å². The van der Waals surface area contributed by atoms with Gasteiger partial charge in [0.1, 0.15) is 5.60 Å². The first-order chi connectivity index (χ1) is 7.33. The normalized spacial score (nSPS) is 15.9. The van der Waals surface area contributed by atoms with Gasteiger partial charge in [0, 0.05) is 7.11 Å². The molecule has 1 unspecified atom stereocenters. The Morgan fingerprint density at radius 2 is 1.56 bits per heavy atom. The summed E-state index contributed by atoms with van der Waals surface area (Å²) < 4.78 is 42.0. The van der Waals surface area contributed by atoms with E-state index >= 15 is 0 Å². The molecule has 0 saturated carbocycles. The summed E-state index contributed by atoms with van der Waals surface area (Å²) in [6.45, 7) is 1.31. The molecule has 1 aromatic carbocycles. The molecule has 0 saturated heterocycles. The van der Waals surface area contributed by atoms with E-state index in [4.69, 9.17) is 9.84 Å². The average molecular weight is 234 g/mol. The van der Waals surface area contributed by atoms with Crippen LogP contribution in [0.4, 0.5) is 13.2 Å². The molecule has 0 aliphatic heterocycles. The standard InChI is InChI=1S/C11H13F3O2/c1-10(7-15,16-2)8-3-5-9(6-4-8)11(12,13)14/h3-6,15H,7H2,1-2H3. The Morgan fingerprint density at radius 1 is 1.12 bits per heavy atom. The number of rotatable bonds is 3. The number of methoxy groups -OCH3 is 1. The zero-order valence-electron chi connectivity index (χ0n) is 9.01. The van der Waals surface area contributed by atoms with Gasteiger partial charge < -0.3 is 9.84 Å². The van der Waals surface area contributed by atoms with Crippen molar-refractivity contribution in [3.05, 3.63) is 35.4 Å². The lowest BCUT2D eigenvalue weighted by Crippen LogP contribution is -2.28. The Bertz CT molecular complexity index is 339. The fourth-order valence-corrected chi connectivity index (χ4v) is 1.29. The molecule has 90 valence electrons. The third-order valence-corrected chi connectivity index (χ3v) is 2.58. The number of aliphatic hydroxyl groups excluding tert-OH is 1. The molecule has 0 fully saturated rings. The quantitative estimate of drug-likeness (QED) is 0.870.